The van der Waals surface area contributed by atoms with E-state index in [0.717, 1.165) is 32.1 Å². The van der Waals surface area contributed by atoms with Crippen molar-refractivity contribution in [1.82, 2.24) is 10.6 Å². The lowest BCUT2D eigenvalue weighted by Gasteiger charge is -2.42. The van der Waals surface area contributed by atoms with Gasteiger partial charge in [0.25, 0.3) is 0 Å². The Kier molecular flexibility index (Phi) is 6.49. The van der Waals surface area contributed by atoms with Crippen LogP contribution in [0.4, 0.5) is 4.39 Å². The molecule has 2 aliphatic carbocycles. The van der Waals surface area contributed by atoms with Crippen LogP contribution in [0.2, 0.25) is 0 Å². The first-order chi connectivity index (χ1) is 12.1. The molecule has 0 bridgehead atoms. The van der Waals surface area contributed by atoms with Crippen LogP contribution in [0.5, 0.6) is 0 Å². The fourth-order valence-electron chi connectivity index (χ4n) is 4.35. The molecule has 6 heteroatoms. The standard InChI is InChI=1S/C19H32FN3O2/c1-22-14-4-7-18-12(8-14)3-6-17(23-18)13-2-5-16(21)19(9-13)25-11-15(24)10-20/h2,4,12,15-19,22-24H,3,5-11,21H2,1H3/t12-,15?,16+,17?,18+,19-/m1/s1. The lowest BCUT2D eigenvalue weighted by molar-refractivity contribution is -0.0286. The molecule has 1 fully saturated rings. The van der Waals surface area contributed by atoms with Gasteiger partial charge in [0.2, 0.25) is 0 Å². The van der Waals surface area contributed by atoms with Crippen molar-refractivity contribution in [3.63, 3.8) is 0 Å². The minimum Gasteiger partial charge on any atom is -0.392 e. The van der Waals surface area contributed by atoms with E-state index >= 15 is 0 Å². The average molecular weight is 353 g/mol. The van der Waals surface area contributed by atoms with E-state index in [0.29, 0.717) is 18.0 Å². The first-order valence-electron chi connectivity index (χ1n) is 9.53. The number of aliphatic hydroxyl groups is 1. The lowest BCUT2D eigenvalue weighted by atomic mass is 9.76. The van der Waals surface area contributed by atoms with Crippen molar-refractivity contribution in [1.29, 1.82) is 0 Å². The zero-order valence-electron chi connectivity index (χ0n) is 15.1. The largest absolute Gasteiger partial charge is 0.392 e. The molecule has 0 amide bonds. The molecule has 0 aromatic carbocycles. The van der Waals surface area contributed by atoms with E-state index in [9.17, 15) is 9.50 Å². The van der Waals surface area contributed by atoms with Gasteiger partial charge in [0.05, 0.1) is 12.7 Å². The molecule has 0 saturated carbocycles. The Bertz CT molecular complexity index is 511. The number of rotatable bonds is 6. The second kappa shape index (κ2) is 8.62. The number of ether oxygens (including phenoxy) is 1. The Balaban J connectivity index is 1.56. The van der Waals surface area contributed by atoms with Gasteiger partial charge in [0.15, 0.2) is 0 Å². The van der Waals surface area contributed by atoms with Crippen molar-refractivity contribution in [2.24, 2.45) is 11.7 Å². The number of hydrogen-bond acceptors (Lipinski definition) is 5. The normalized spacial score (nSPS) is 36.9. The molecule has 1 heterocycles. The van der Waals surface area contributed by atoms with Crippen LogP contribution in [-0.4, -0.2) is 55.8 Å². The van der Waals surface area contributed by atoms with Gasteiger partial charge in [-0.25, -0.2) is 4.39 Å². The van der Waals surface area contributed by atoms with Gasteiger partial charge in [-0.05, 0) is 44.4 Å². The van der Waals surface area contributed by atoms with Gasteiger partial charge in [-0.2, -0.15) is 0 Å². The molecule has 5 N–H and O–H groups in total. The minimum atomic E-state index is -1.05. The maximum absolute atomic E-state index is 12.4. The van der Waals surface area contributed by atoms with Crippen LogP contribution < -0.4 is 16.4 Å². The summed E-state index contributed by atoms with van der Waals surface area (Å²) in [4.78, 5) is 0. The third-order valence-corrected chi connectivity index (χ3v) is 5.93. The topological polar surface area (TPSA) is 79.5 Å². The van der Waals surface area contributed by atoms with E-state index < -0.39 is 12.8 Å². The molecule has 142 valence electrons. The van der Waals surface area contributed by atoms with E-state index in [1.54, 1.807) is 0 Å². The third-order valence-electron chi connectivity index (χ3n) is 5.93. The Morgan fingerprint density at radius 1 is 1.36 bits per heavy atom. The molecule has 1 aliphatic heterocycles. The van der Waals surface area contributed by atoms with Gasteiger partial charge in [-0.15, -0.1) is 0 Å². The average Bonchev–Trinajstić information content (AvgIpc) is 2.66. The minimum absolute atomic E-state index is 0.0164. The number of nitrogens with two attached hydrogens (primary N) is 1. The van der Waals surface area contributed by atoms with E-state index in [2.05, 4.69) is 22.8 Å². The lowest BCUT2D eigenvalue weighted by Crippen LogP contribution is -2.51. The zero-order chi connectivity index (χ0) is 17.8. The number of hydrogen-bond donors (Lipinski definition) is 4. The molecular weight excluding hydrogens is 321 g/mol. The number of allylic oxidation sites excluding steroid dienone is 1. The summed E-state index contributed by atoms with van der Waals surface area (Å²) in [5.41, 5.74) is 8.88. The Hall–Kier alpha value is -0.950. The fraction of sp³-hybridized carbons (Fsp3) is 0.789. The summed E-state index contributed by atoms with van der Waals surface area (Å²) in [6.07, 6.45) is 9.51. The second-order valence-corrected chi connectivity index (χ2v) is 7.64. The van der Waals surface area contributed by atoms with Gasteiger partial charge in [0, 0.05) is 30.9 Å². The highest BCUT2D eigenvalue weighted by atomic mass is 19.1. The van der Waals surface area contributed by atoms with Gasteiger partial charge in [0.1, 0.15) is 12.8 Å². The maximum Gasteiger partial charge on any atom is 0.118 e. The summed E-state index contributed by atoms with van der Waals surface area (Å²) in [6.45, 7) is -0.761. The van der Waals surface area contributed by atoms with E-state index in [4.69, 9.17) is 10.5 Å². The van der Waals surface area contributed by atoms with Crippen molar-refractivity contribution < 1.29 is 14.2 Å². The molecule has 3 rings (SSSR count). The number of halogens is 1. The van der Waals surface area contributed by atoms with E-state index in [1.807, 2.05) is 7.05 Å². The summed E-state index contributed by atoms with van der Waals surface area (Å²) in [7, 11) is 2.00. The monoisotopic (exact) mass is 353 g/mol. The predicted molar refractivity (Wildman–Crippen MR) is 96.8 cm³/mol. The summed E-state index contributed by atoms with van der Waals surface area (Å²) in [6, 6.07) is 0.846. The van der Waals surface area contributed by atoms with Crippen LogP contribution in [0.3, 0.4) is 0 Å². The van der Waals surface area contributed by atoms with Crippen molar-refractivity contribution in [2.75, 3.05) is 20.3 Å². The Morgan fingerprint density at radius 3 is 2.96 bits per heavy atom. The molecule has 3 aliphatic rings. The summed E-state index contributed by atoms with van der Waals surface area (Å²) >= 11 is 0. The van der Waals surface area contributed by atoms with Gasteiger partial charge in [-0.3, -0.25) is 0 Å². The highest BCUT2D eigenvalue weighted by Gasteiger charge is 2.35. The molecule has 25 heavy (non-hydrogen) atoms. The van der Waals surface area contributed by atoms with Crippen LogP contribution in [0.15, 0.2) is 23.4 Å². The number of nitrogens with one attached hydrogen (secondary N) is 2. The number of alkyl halides is 1. The molecule has 0 radical (unpaired) electrons. The third kappa shape index (κ3) is 4.61. The van der Waals surface area contributed by atoms with Gasteiger partial charge >= 0.3 is 0 Å². The number of aliphatic hydroxyl groups excluding tert-OH is 1. The molecule has 5 nitrogen and oxygen atoms in total. The molecule has 0 aromatic heterocycles. The van der Waals surface area contributed by atoms with Crippen LogP contribution in [0, 0.1) is 5.92 Å². The van der Waals surface area contributed by atoms with Gasteiger partial charge in [-0.1, -0.05) is 17.7 Å². The fourth-order valence-corrected chi connectivity index (χ4v) is 4.35. The SMILES string of the molecule is CNC1=CC[C@@H]2NC(C3=CC[C@H](N)[C@H](OCC(O)CF)C3)CC[C@@H]2C1. The Labute approximate surface area is 149 Å². The van der Waals surface area contributed by atoms with E-state index in [1.165, 1.54) is 17.7 Å². The van der Waals surface area contributed by atoms with Crippen molar-refractivity contribution in [3.8, 4) is 0 Å². The molecule has 0 aromatic rings. The first-order valence-corrected chi connectivity index (χ1v) is 9.53. The van der Waals surface area contributed by atoms with Crippen molar-refractivity contribution >= 4 is 0 Å². The highest BCUT2D eigenvalue weighted by molar-refractivity contribution is 5.20. The second-order valence-electron chi connectivity index (χ2n) is 7.64. The van der Waals surface area contributed by atoms with Crippen LogP contribution >= 0.6 is 0 Å². The zero-order valence-corrected chi connectivity index (χ0v) is 15.1. The Morgan fingerprint density at radius 2 is 2.20 bits per heavy atom. The van der Waals surface area contributed by atoms with Gasteiger partial charge < -0.3 is 26.2 Å². The molecule has 2 unspecified atom stereocenters. The van der Waals surface area contributed by atoms with Crippen molar-refractivity contribution in [3.05, 3.63) is 23.4 Å². The number of fused-ring (bicyclic) bond motifs is 1. The number of piperidine rings is 1. The summed E-state index contributed by atoms with van der Waals surface area (Å²) in [5.74, 6) is 0.710. The molecular formula is C19H32FN3O2. The smallest absolute Gasteiger partial charge is 0.118 e. The summed E-state index contributed by atoms with van der Waals surface area (Å²) < 4.78 is 18.1. The highest BCUT2D eigenvalue weighted by Crippen LogP contribution is 2.35. The summed E-state index contributed by atoms with van der Waals surface area (Å²) in [5, 5.41) is 16.5. The molecule has 6 atom stereocenters. The predicted octanol–water partition coefficient (Wildman–Crippen LogP) is 1.38. The van der Waals surface area contributed by atoms with Crippen molar-refractivity contribution in [2.45, 2.75) is 68.9 Å². The van der Waals surface area contributed by atoms with Crippen LogP contribution in [0.25, 0.3) is 0 Å². The molecule has 0 spiro atoms. The first kappa shape index (κ1) is 18.8. The van der Waals surface area contributed by atoms with Crippen LogP contribution in [0.1, 0.15) is 38.5 Å². The van der Waals surface area contributed by atoms with Crippen LogP contribution in [-0.2, 0) is 4.74 Å². The quantitative estimate of drug-likeness (QED) is 0.543. The molecule has 1 saturated heterocycles. The maximum atomic E-state index is 12.4. The van der Waals surface area contributed by atoms with E-state index in [-0.39, 0.29) is 18.8 Å².